The van der Waals surface area contributed by atoms with Crippen LogP contribution in [0.25, 0.3) is 11.6 Å². The number of carboxylic acid groups (broad SMARTS) is 1. The van der Waals surface area contributed by atoms with Crippen LogP contribution in [0.15, 0.2) is 16.0 Å². The van der Waals surface area contributed by atoms with Crippen molar-refractivity contribution in [1.82, 2.24) is 19.7 Å². The molecule has 0 unspecified atom stereocenters. The van der Waals surface area contributed by atoms with Gasteiger partial charge >= 0.3 is 5.97 Å². The number of nitrogens with zero attached hydrogens (tertiary/aromatic N) is 4. The summed E-state index contributed by atoms with van der Waals surface area (Å²) < 4.78 is 7.08. The summed E-state index contributed by atoms with van der Waals surface area (Å²) in [5.41, 5.74) is 0.729. The molecule has 2 aromatic heterocycles. The van der Waals surface area contributed by atoms with Crippen molar-refractivity contribution in [2.24, 2.45) is 0 Å². The van der Waals surface area contributed by atoms with E-state index in [1.807, 2.05) is 13.8 Å². The van der Waals surface area contributed by atoms with Gasteiger partial charge in [0, 0.05) is 6.54 Å². The van der Waals surface area contributed by atoms with E-state index in [-0.39, 0.29) is 5.75 Å². The molecule has 0 aliphatic rings. The van der Waals surface area contributed by atoms with Crippen LogP contribution in [-0.4, -0.2) is 36.6 Å². The maximum atomic E-state index is 10.6. The van der Waals surface area contributed by atoms with Gasteiger partial charge in [0.25, 0.3) is 0 Å². The molecule has 0 atom stereocenters. The molecule has 0 aliphatic carbocycles. The molecule has 0 fully saturated rings. The van der Waals surface area contributed by atoms with Crippen molar-refractivity contribution in [3.8, 4) is 11.6 Å². The Morgan fingerprint density at radius 2 is 2.33 bits per heavy atom. The van der Waals surface area contributed by atoms with Crippen molar-refractivity contribution in [1.29, 1.82) is 0 Å². The minimum atomic E-state index is -0.886. The molecule has 0 radical (unpaired) electrons. The number of carbonyl (C=O) groups is 1. The lowest BCUT2D eigenvalue weighted by molar-refractivity contribution is -0.133. The highest BCUT2D eigenvalue weighted by Crippen LogP contribution is 2.25. The smallest absolute Gasteiger partial charge is 0.313 e. The first-order valence-corrected chi connectivity index (χ1v) is 6.30. The number of aromatic nitrogens is 4. The van der Waals surface area contributed by atoms with Crippen LogP contribution in [-0.2, 0) is 11.3 Å². The predicted molar refractivity (Wildman–Crippen MR) is 64.3 cm³/mol. The second kappa shape index (κ2) is 5.21. The van der Waals surface area contributed by atoms with Crippen LogP contribution in [0.4, 0.5) is 0 Å². The van der Waals surface area contributed by atoms with Gasteiger partial charge < -0.3 is 9.52 Å². The highest BCUT2D eigenvalue weighted by molar-refractivity contribution is 7.99. The first-order valence-electron chi connectivity index (χ1n) is 5.31. The fraction of sp³-hybridized carbons (Fsp3) is 0.400. The van der Waals surface area contributed by atoms with E-state index < -0.39 is 5.97 Å². The van der Waals surface area contributed by atoms with Gasteiger partial charge in [0.05, 0.1) is 11.4 Å². The topological polar surface area (TPSA) is 94.0 Å². The molecule has 0 aromatic carbocycles. The van der Waals surface area contributed by atoms with Crippen molar-refractivity contribution in [2.75, 3.05) is 5.75 Å². The zero-order valence-corrected chi connectivity index (χ0v) is 10.8. The first kappa shape index (κ1) is 12.6. The number of hydrogen-bond donors (Lipinski definition) is 1. The molecule has 2 rings (SSSR count). The lowest BCUT2D eigenvalue weighted by Crippen LogP contribution is -2.03. The maximum Gasteiger partial charge on any atom is 0.313 e. The van der Waals surface area contributed by atoms with Gasteiger partial charge in [-0.3, -0.25) is 9.36 Å². The highest BCUT2D eigenvalue weighted by Gasteiger charge is 2.18. The van der Waals surface area contributed by atoms with E-state index in [0.717, 1.165) is 17.5 Å². The molecular formula is C10H12N4O3S. The molecular weight excluding hydrogens is 256 g/mol. The molecule has 2 heterocycles. The standard InChI is InChI=1S/C10H12N4O3S/c1-3-14-9(8-6(2)11-5-17-8)12-13-10(14)18-4-7(15)16/h5H,3-4H2,1-2H3,(H,15,16). The monoisotopic (exact) mass is 268 g/mol. The van der Waals surface area contributed by atoms with Crippen molar-refractivity contribution in [2.45, 2.75) is 25.5 Å². The van der Waals surface area contributed by atoms with E-state index in [1.54, 1.807) is 4.57 Å². The van der Waals surface area contributed by atoms with Crippen molar-refractivity contribution < 1.29 is 14.3 Å². The minimum absolute atomic E-state index is 0.0481. The van der Waals surface area contributed by atoms with Gasteiger partial charge in [-0.15, -0.1) is 10.2 Å². The average Bonchev–Trinajstić information content (AvgIpc) is 2.91. The van der Waals surface area contributed by atoms with Gasteiger partial charge in [0.15, 0.2) is 17.3 Å². The van der Waals surface area contributed by atoms with Crippen LogP contribution in [0.3, 0.4) is 0 Å². The number of carboxylic acids is 1. The van der Waals surface area contributed by atoms with Crippen LogP contribution in [0.1, 0.15) is 12.6 Å². The minimum Gasteiger partial charge on any atom is -0.481 e. The molecule has 1 N–H and O–H groups in total. The molecule has 0 saturated carbocycles. The second-order valence-electron chi connectivity index (χ2n) is 3.50. The predicted octanol–water partition coefficient (Wildman–Crippen LogP) is 1.44. The van der Waals surface area contributed by atoms with Crippen molar-refractivity contribution >= 4 is 17.7 Å². The summed E-state index contributed by atoms with van der Waals surface area (Å²) in [6, 6.07) is 0. The number of hydrogen-bond acceptors (Lipinski definition) is 6. The third kappa shape index (κ3) is 2.37. The molecule has 0 amide bonds. The van der Waals surface area contributed by atoms with Crippen LogP contribution in [0, 0.1) is 6.92 Å². The maximum absolute atomic E-state index is 10.6. The van der Waals surface area contributed by atoms with E-state index in [1.165, 1.54) is 6.39 Å². The van der Waals surface area contributed by atoms with E-state index in [4.69, 9.17) is 9.52 Å². The Balaban J connectivity index is 2.33. The number of aryl methyl sites for hydroxylation is 1. The summed E-state index contributed by atoms with van der Waals surface area (Å²) in [5.74, 6) is 0.197. The summed E-state index contributed by atoms with van der Waals surface area (Å²) in [4.78, 5) is 14.6. The third-order valence-corrected chi connectivity index (χ3v) is 3.26. The Morgan fingerprint density at radius 3 is 2.89 bits per heavy atom. The largest absolute Gasteiger partial charge is 0.481 e. The van der Waals surface area contributed by atoms with Gasteiger partial charge in [-0.2, -0.15) is 0 Å². The summed E-state index contributed by atoms with van der Waals surface area (Å²) >= 11 is 1.13. The Bertz CT molecular complexity index is 563. The summed E-state index contributed by atoms with van der Waals surface area (Å²) in [6.45, 7) is 4.38. The van der Waals surface area contributed by atoms with E-state index in [0.29, 0.717) is 23.3 Å². The first-order chi connectivity index (χ1) is 8.63. The molecule has 0 spiro atoms. The Kier molecular flexibility index (Phi) is 3.66. The SMILES string of the molecule is CCn1c(SCC(=O)O)nnc1-c1ocnc1C. The fourth-order valence-electron chi connectivity index (χ4n) is 1.49. The summed E-state index contributed by atoms with van der Waals surface area (Å²) in [5, 5.41) is 17.2. The number of oxazole rings is 1. The third-order valence-electron chi connectivity index (χ3n) is 2.31. The van der Waals surface area contributed by atoms with E-state index in [9.17, 15) is 4.79 Å². The second-order valence-corrected chi connectivity index (χ2v) is 4.44. The van der Waals surface area contributed by atoms with Crippen LogP contribution >= 0.6 is 11.8 Å². The van der Waals surface area contributed by atoms with Gasteiger partial charge in [0.2, 0.25) is 5.82 Å². The molecule has 7 nitrogen and oxygen atoms in total. The zero-order valence-electron chi connectivity index (χ0n) is 9.95. The van der Waals surface area contributed by atoms with Crippen LogP contribution < -0.4 is 0 Å². The molecule has 0 saturated heterocycles. The zero-order chi connectivity index (χ0) is 13.1. The van der Waals surface area contributed by atoms with Crippen molar-refractivity contribution in [3.05, 3.63) is 12.1 Å². The molecule has 0 aliphatic heterocycles. The molecule has 96 valence electrons. The molecule has 8 heteroatoms. The molecule has 0 bridgehead atoms. The van der Waals surface area contributed by atoms with Crippen molar-refractivity contribution in [3.63, 3.8) is 0 Å². The lowest BCUT2D eigenvalue weighted by Gasteiger charge is -2.04. The van der Waals surface area contributed by atoms with E-state index in [2.05, 4.69) is 15.2 Å². The Labute approximate surface area is 107 Å². The van der Waals surface area contributed by atoms with Gasteiger partial charge in [0.1, 0.15) is 0 Å². The number of aliphatic carboxylic acids is 1. The average molecular weight is 268 g/mol. The lowest BCUT2D eigenvalue weighted by atomic mass is 10.3. The van der Waals surface area contributed by atoms with Gasteiger partial charge in [-0.05, 0) is 13.8 Å². The van der Waals surface area contributed by atoms with Gasteiger partial charge in [-0.1, -0.05) is 11.8 Å². The fourth-order valence-corrected chi connectivity index (χ4v) is 2.21. The molecule has 18 heavy (non-hydrogen) atoms. The normalized spacial score (nSPS) is 10.8. The summed E-state index contributed by atoms with van der Waals surface area (Å²) in [6.07, 6.45) is 1.35. The van der Waals surface area contributed by atoms with Crippen LogP contribution in [0.5, 0.6) is 0 Å². The summed E-state index contributed by atoms with van der Waals surface area (Å²) in [7, 11) is 0. The van der Waals surface area contributed by atoms with E-state index >= 15 is 0 Å². The number of thioether (sulfide) groups is 1. The van der Waals surface area contributed by atoms with Crippen LogP contribution in [0.2, 0.25) is 0 Å². The highest BCUT2D eigenvalue weighted by atomic mass is 32.2. The Hall–Kier alpha value is -1.83. The molecule has 2 aromatic rings. The quantitative estimate of drug-likeness (QED) is 0.820. The number of rotatable bonds is 5. The van der Waals surface area contributed by atoms with Gasteiger partial charge in [-0.25, -0.2) is 4.98 Å². The Morgan fingerprint density at radius 1 is 1.56 bits per heavy atom.